The molecule has 88 valence electrons. The van der Waals surface area contributed by atoms with E-state index >= 15 is 0 Å². The highest BCUT2D eigenvalue weighted by Gasteiger charge is 2.43. The molecular formula is C13H24FN. The van der Waals surface area contributed by atoms with Crippen LogP contribution in [0.4, 0.5) is 4.39 Å². The van der Waals surface area contributed by atoms with Crippen LogP contribution in [0, 0.1) is 11.8 Å². The summed E-state index contributed by atoms with van der Waals surface area (Å²) in [6.45, 7) is 1.73. The van der Waals surface area contributed by atoms with Crippen LogP contribution in [0.25, 0.3) is 0 Å². The molecule has 0 aromatic rings. The summed E-state index contributed by atoms with van der Waals surface area (Å²) in [4.78, 5) is 0. The second kappa shape index (κ2) is 4.40. The molecule has 0 spiro atoms. The molecule has 2 fully saturated rings. The Labute approximate surface area is 92.6 Å². The Morgan fingerprint density at radius 2 is 1.87 bits per heavy atom. The van der Waals surface area contributed by atoms with E-state index in [0.717, 1.165) is 19.3 Å². The minimum atomic E-state index is -0.672. The van der Waals surface area contributed by atoms with Gasteiger partial charge in [-0.05, 0) is 38.0 Å². The SMILES string of the molecule is CC(F)C(CC1(N)CC1)C1CCCCC1. The van der Waals surface area contributed by atoms with Crippen LogP contribution in [0.3, 0.4) is 0 Å². The first-order valence-corrected chi connectivity index (χ1v) is 6.54. The highest BCUT2D eigenvalue weighted by Crippen LogP contribution is 2.44. The fourth-order valence-corrected chi connectivity index (χ4v) is 3.10. The van der Waals surface area contributed by atoms with Crippen LogP contribution in [0.2, 0.25) is 0 Å². The van der Waals surface area contributed by atoms with Crippen LogP contribution in [-0.2, 0) is 0 Å². The number of nitrogens with two attached hydrogens (primary N) is 1. The van der Waals surface area contributed by atoms with Crippen molar-refractivity contribution in [3.63, 3.8) is 0 Å². The predicted molar refractivity (Wildman–Crippen MR) is 61.4 cm³/mol. The fraction of sp³-hybridized carbons (Fsp3) is 1.00. The van der Waals surface area contributed by atoms with Crippen molar-refractivity contribution >= 4 is 0 Å². The van der Waals surface area contributed by atoms with E-state index in [4.69, 9.17) is 5.73 Å². The second-order valence-electron chi connectivity index (χ2n) is 5.81. The zero-order chi connectivity index (χ0) is 10.9. The zero-order valence-electron chi connectivity index (χ0n) is 9.84. The van der Waals surface area contributed by atoms with E-state index in [1.165, 1.54) is 32.1 Å². The lowest BCUT2D eigenvalue weighted by Gasteiger charge is -2.33. The maximum Gasteiger partial charge on any atom is 0.100 e. The average molecular weight is 213 g/mol. The summed E-state index contributed by atoms with van der Waals surface area (Å²) in [6, 6.07) is 0. The summed E-state index contributed by atoms with van der Waals surface area (Å²) in [5.74, 6) is 0.845. The minimum absolute atomic E-state index is 0.0163. The molecule has 2 aliphatic carbocycles. The van der Waals surface area contributed by atoms with E-state index in [1.807, 2.05) is 0 Å². The molecule has 0 aromatic heterocycles. The molecule has 0 heterocycles. The summed E-state index contributed by atoms with van der Waals surface area (Å²) in [5.41, 5.74) is 6.14. The van der Waals surface area contributed by atoms with Gasteiger partial charge in [-0.25, -0.2) is 4.39 Å². The third kappa shape index (κ3) is 2.93. The normalized spacial score (nSPS) is 29.8. The van der Waals surface area contributed by atoms with Crippen molar-refractivity contribution in [2.24, 2.45) is 17.6 Å². The van der Waals surface area contributed by atoms with Gasteiger partial charge in [0, 0.05) is 5.54 Å². The van der Waals surface area contributed by atoms with E-state index in [0.29, 0.717) is 5.92 Å². The summed E-state index contributed by atoms with van der Waals surface area (Å²) in [7, 11) is 0. The van der Waals surface area contributed by atoms with E-state index in [2.05, 4.69) is 0 Å². The van der Waals surface area contributed by atoms with Gasteiger partial charge < -0.3 is 5.73 Å². The molecular weight excluding hydrogens is 189 g/mol. The number of halogens is 1. The van der Waals surface area contributed by atoms with E-state index in [-0.39, 0.29) is 11.5 Å². The first kappa shape index (κ1) is 11.4. The molecule has 0 aromatic carbocycles. The molecule has 2 N–H and O–H groups in total. The second-order valence-corrected chi connectivity index (χ2v) is 5.81. The highest BCUT2D eigenvalue weighted by molar-refractivity contribution is 5.01. The summed E-state index contributed by atoms with van der Waals surface area (Å²) in [6.07, 6.45) is 8.88. The number of hydrogen-bond acceptors (Lipinski definition) is 1. The molecule has 2 aliphatic rings. The maximum absolute atomic E-state index is 13.7. The van der Waals surface area contributed by atoms with Gasteiger partial charge in [0.1, 0.15) is 6.17 Å². The molecule has 2 rings (SSSR count). The van der Waals surface area contributed by atoms with Crippen LogP contribution < -0.4 is 5.73 Å². The summed E-state index contributed by atoms with van der Waals surface area (Å²) in [5, 5.41) is 0. The van der Waals surface area contributed by atoms with E-state index < -0.39 is 6.17 Å². The van der Waals surface area contributed by atoms with Gasteiger partial charge in [-0.15, -0.1) is 0 Å². The lowest BCUT2D eigenvalue weighted by molar-refractivity contribution is 0.127. The van der Waals surface area contributed by atoms with E-state index in [1.54, 1.807) is 6.92 Å². The van der Waals surface area contributed by atoms with Gasteiger partial charge in [-0.1, -0.05) is 32.1 Å². The van der Waals surface area contributed by atoms with Gasteiger partial charge in [0.05, 0.1) is 0 Å². The Morgan fingerprint density at radius 1 is 1.27 bits per heavy atom. The van der Waals surface area contributed by atoms with Crippen LogP contribution >= 0.6 is 0 Å². The van der Waals surface area contributed by atoms with Crippen LogP contribution in [0.15, 0.2) is 0 Å². The fourth-order valence-electron chi connectivity index (χ4n) is 3.10. The van der Waals surface area contributed by atoms with Crippen LogP contribution in [0.1, 0.15) is 58.3 Å². The lowest BCUT2D eigenvalue weighted by atomic mass is 9.75. The molecule has 0 aliphatic heterocycles. The van der Waals surface area contributed by atoms with Crippen molar-refractivity contribution in [3.8, 4) is 0 Å². The van der Waals surface area contributed by atoms with Gasteiger partial charge in [-0.2, -0.15) is 0 Å². The van der Waals surface area contributed by atoms with Crippen molar-refractivity contribution in [1.29, 1.82) is 0 Å². The highest BCUT2D eigenvalue weighted by atomic mass is 19.1. The molecule has 1 nitrogen and oxygen atoms in total. The average Bonchev–Trinajstić information content (AvgIpc) is 2.95. The zero-order valence-corrected chi connectivity index (χ0v) is 9.84. The van der Waals surface area contributed by atoms with Gasteiger partial charge in [0.2, 0.25) is 0 Å². The van der Waals surface area contributed by atoms with Crippen molar-refractivity contribution in [2.45, 2.75) is 70.0 Å². The Bertz CT molecular complexity index is 205. The molecule has 2 heteroatoms. The Hall–Kier alpha value is -0.110. The molecule has 0 amide bonds. The Kier molecular flexibility index (Phi) is 3.34. The number of hydrogen-bond donors (Lipinski definition) is 1. The largest absolute Gasteiger partial charge is 0.325 e. The lowest BCUT2D eigenvalue weighted by Crippen LogP contribution is -2.33. The molecule has 15 heavy (non-hydrogen) atoms. The van der Waals surface area contributed by atoms with Crippen molar-refractivity contribution in [2.75, 3.05) is 0 Å². The molecule has 2 saturated carbocycles. The Balaban J connectivity index is 1.92. The summed E-state index contributed by atoms with van der Waals surface area (Å²) >= 11 is 0. The number of alkyl halides is 1. The topological polar surface area (TPSA) is 26.0 Å². The van der Waals surface area contributed by atoms with Crippen molar-refractivity contribution in [3.05, 3.63) is 0 Å². The molecule has 2 unspecified atom stereocenters. The van der Waals surface area contributed by atoms with Gasteiger partial charge in [0.25, 0.3) is 0 Å². The first-order valence-electron chi connectivity index (χ1n) is 6.54. The minimum Gasteiger partial charge on any atom is -0.325 e. The molecule has 0 bridgehead atoms. The van der Waals surface area contributed by atoms with Crippen LogP contribution in [-0.4, -0.2) is 11.7 Å². The third-order valence-corrected chi connectivity index (χ3v) is 4.38. The Morgan fingerprint density at radius 3 is 2.33 bits per heavy atom. The predicted octanol–water partition coefficient (Wildman–Crippen LogP) is 3.42. The summed E-state index contributed by atoms with van der Waals surface area (Å²) < 4.78 is 13.7. The first-order chi connectivity index (χ1) is 7.11. The van der Waals surface area contributed by atoms with Crippen LogP contribution in [0.5, 0.6) is 0 Å². The monoisotopic (exact) mass is 213 g/mol. The van der Waals surface area contributed by atoms with Crippen molar-refractivity contribution in [1.82, 2.24) is 0 Å². The van der Waals surface area contributed by atoms with Gasteiger partial charge in [0.15, 0.2) is 0 Å². The molecule has 0 radical (unpaired) electrons. The van der Waals surface area contributed by atoms with Gasteiger partial charge in [-0.3, -0.25) is 0 Å². The maximum atomic E-state index is 13.7. The van der Waals surface area contributed by atoms with Crippen molar-refractivity contribution < 1.29 is 4.39 Å². The molecule has 2 atom stereocenters. The van der Waals surface area contributed by atoms with Gasteiger partial charge >= 0.3 is 0 Å². The standard InChI is InChI=1S/C13H24FN/c1-10(14)12(9-13(15)7-8-13)11-5-3-2-4-6-11/h10-12H,2-9,15H2,1H3. The number of rotatable bonds is 4. The third-order valence-electron chi connectivity index (χ3n) is 4.38. The molecule has 0 saturated heterocycles. The quantitative estimate of drug-likeness (QED) is 0.760. The van der Waals surface area contributed by atoms with E-state index in [9.17, 15) is 4.39 Å². The smallest absolute Gasteiger partial charge is 0.100 e.